The quantitative estimate of drug-likeness (QED) is 0.504. The smallest absolute Gasteiger partial charge is 0.338 e. The molecule has 0 spiro atoms. The number of rotatable bonds is 8. The second kappa shape index (κ2) is 9.37. The van der Waals surface area contributed by atoms with Crippen LogP contribution >= 0.6 is 0 Å². The van der Waals surface area contributed by atoms with Crippen LogP contribution in [-0.4, -0.2) is 43.9 Å². The van der Waals surface area contributed by atoms with Gasteiger partial charge >= 0.3 is 5.97 Å². The number of benzene rings is 2. The topological polar surface area (TPSA) is 66.9 Å². The van der Waals surface area contributed by atoms with E-state index in [9.17, 15) is 14.4 Å². The summed E-state index contributed by atoms with van der Waals surface area (Å²) in [6, 6.07) is 14.0. The van der Waals surface area contributed by atoms with E-state index >= 15 is 0 Å². The van der Waals surface area contributed by atoms with Gasteiger partial charge < -0.3 is 14.5 Å². The Kier molecular flexibility index (Phi) is 6.65. The van der Waals surface area contributed by atoms with Crippen LogP contribution < -0.4 is 9.80 Å². The Balaban J connectivity index is 1.56. The van der Waals surface area contributed by atoms with Gasteiger partial charge in [0, 0.05) is 43.0 Å². The highest BCUT2D eigenvalue weighted by atomic mass is 16.5. The number of nitrogens with zero attached hydrogens (tertiary/aromatic N) is 2. The Morgan fingerprint density at radius 1 is 0.966 bits per heavy atom. The first-order valence-corrected chi connectivity index (χ1v) is 9.99. The number of carbonyl (C=O) groups excluding carboxylic acids is 3. The van der Waals surface area contributed by atoms with Gasteiger partial charge in [-0.25, -0.2) is 4.79 Å². The summed E-state index contributed by atoms with van der Waals surface area (Å²) in [5, 5.41) is 0. The normalized spacial score (nSPS) is 13.4. The summed E-state index contributed by atoms with van der Waals surface area (Å²) in [4.78, 5) is 40.3. The summed E-state index contributed by atoms with van der Waals surface area (Å²) in [5.74, 6) is -0.703. The van der Waals surface area contributed by atoms with E-state index in [4.69, 9.17) is 4.74 Å². The van der Waals surface area contributed by atoms with E-state index in [1.54, 1.807) is 41.3 Å². The van der Waals surface area contributed by atoms with Crippen molar-refractivity contribution in [1.29, 1.82) is 0 Å². The van der Waals surface area contributed by atoms with Crippen LogP contribution in [0.4, 0.5) is 11.4 Å². The van der Waals surface area contributed by atoms with Crippen LogP contribution in [0, 0.1) is 0 Å². The molecule has 3 rings (SSSR count). The standard InChI is InChI=1S/C23H26N2O4/c1-3-24(4-2)19-11-9-18(10-12-19)23(28)29-16-21(26)17-7-13-20(14-8-17)25-15-5-6-22(25)27/h7-14H,3-6,15-16H2,1-2H3. The number of esters is 1. The van der Waals surface area contributed by atoms with Gasteiger partial charge in [0.15, 0.2) is 12.4 Å². The summed E-state index contributed by atoms with van der Waals surface area (Å²) in [5.41, 5.74) is 2.69. The number of ketones is 1. The van der Waals surface area contributed by atoms with E-state index in [2.05, 4.69) is 18.7 Å². The fourth-order valence-electron chi connectivity index (χ4n) is 3.44. The van der Waals surface area contributed by atoms with Crippen molar-refractivity contribution in [2.75, 3.05) is 36.0 Å². The largest absolute Gasteiger partial charge is 0.454 e. The molecule has 1 saturated heterocycles. The van der Waals surface area contributed by atoms with E-state index in [1.807, 2.05) is 12.1 Å². The van der Waals surface area contributed by atoms with E-state index < -0.39 is 5.97 Å². The van der Waals surface area contributed by atoms with Gasteiger partial charge in [-0.3, -0.25) is 9.59 Å². The average Bonchev–Trinajstić information content (AvgIpc) is 3.19. The minimum absolute atomic E-state index is 0.102. The lowest BCUT2D eigenvalue weighted by atomic mass is 10.1. The third-order valence-electron chi connectivity index (χ3n) is 5.14. The fraction of sp³-hybridized carbons (Fsp3) is 0.348. The molecule has 2 aromatic rings. The van der Waals surface area contributed by atoms with E-state index in [-0.39, 0.29) is 18.3 Å². The van der Waals surface area contributed by atoms with Crippen molar-refractivity contribution < 1.29 is 19.1 Å². The Hall–Kier alpha value is -3.15. The number of hydrogen-bond acceptors (Lipinski definition) is 5. The van der Waals surface area contributed by atoms with Crippen LogP contribution in [0.2, 0.25) is 0 Å². The van der Waals surface area contributed by atoms with Gasteiger partial charge in [0.2, 0.25) is 5.91 Å². The van der Waals surface area contributed by atoms with Crippen LogP contribution in [0.15, 0.2) is 48.5 Å². The summed E-state index contributed by atoms with van der Waals surface area (Å²) < 4.78 is 5.18. The van der Waals surface area contributed by atoms with Crippen molar-refractivity contribution in [2.45, 2.75) is 26.7 Å². The number of hydrogen-bond donors (Lipinski definition) is 0. The Bertz CT molecular complexity index is 871. The van der Waals surface area contributed by atoms with E-state index in [1.165, 1.54) is 0 Å². The SMILES string of the molecule is CCN(CC)c1ccc(C(=O)OCC(=O)c2ccc(N3CCCC3=O)cc2)cc1. The lowest BCUT2D eigenvalue weighted by Gasteiger charge is -2.20. The van der Waals surface area contributed by atoms with Crippen LogP contribution in [0.1, 0.15) is 47.4 Å². The molecule has 0 aromatic heterocycles. The molecule has 1 aliphatic heterocycles. The molecule has 1 fully saturated rings. The fourth-order valence-corrected chi connectivity index (χ4v) is 3.44. The third kappa shape index (κ3) is 4.83. The lowest BCUT2D eigenvalue weighted by molar-refractivity contribution is -0.117. The Morgan fingerprint density at radius 2 is 1.59 bits per heavy atom. The third-order valence-corrected chi connectivity index (χ3v) is 5.14. The van der Waals surface area contributed by atoms with Gasteiger partial charge in [-0.05, 0) is 68.8 Å². The molecule has 152 valence electrons. The van der Waals surface area contributed by atoms with Gasteiger partial charge in [-0.15, -0.1) is 0 Å². The van der Waals surface area contributed by atoms with Crippen molar-refractivity contribution in [3.63, 3.8) is 0 Å². The highest BCUT2D eigenvalue weighted by Gasteiger charge is 2.21. The molecular weight excluding hydrogens is 368 g/mol. The number of anilines is 2. The minimum atomic E-state index is -0.524. The van der Waals surface area contributed by atoms with Crippen molar-refractivity contribution in [3.05, 3.63) is 59.7 Å². The predicted octanol–water partition coefficient (Wildman–Crippen LogP) is 3.70. The summed E-state index contributed by atoms with van der Waals surface area (Å²) >= 11 is 0. The molecule has 6 nitrogen and oxygen atoms in total. The predicted molar refractivity (Wildman–Crippen MR) is 113 cm³/mol. The second-order valence-corrected chi connectivity index (χ2v) is 6.91. The maximum Gasteiger partial charge on any atom is 0.338 e. The van der Waals surface area contributed by atoms with Gasteiger partial charge in [0.1, 0.15) is 0 Å². The Morgan fingerprint density at radius 3 is 2.14 bits per heavy atom. The lowest BCUT2D eigenvalue weighted by Crippen LogP contribution is -2.23. The molecule has 6 heteroatoms. The first-order valence-electron chi connectivity index (χ1n) is 9.99. The molecule has 1 amide bonds. The van der Waals surface area contributed by atoms with Crippen LogP contribution in [0.5, 0.6) is 0 Å². The summed E-state index contributed by atoms with van der Waals surface area (Å²) in [7, 11) is 0. The molecule has 2 aromatic carbocycles. The van der Waals surface area contributed by atoms with Crippen molar-refractivity contribution in [2.24, 2.45) is 0 Å². The molecular formula is C23H26N2O4. The number of ether oxygens (including phenoxy) is 1. The van der Waals surface area contributed by atoms with Crippen LogP contribution in [0.25, 0.3) is 0 Å². The molecule has 1 aliphatic rings. The molecule has 0 bridgehead atoms. The van der Waals surface area contributed by atoms with E-state index in [0.29, 0.717) is 24.1 Å². The molecule has 0 saturated carbocycles. The maximum atomic E-state index is 12.3. The molecule has 0 atom stereocenters. The minimum Gasteiger partial charge on any atom is -0.454 e. The molecule has 0 aliphatic carbocycles. The monoisotopic (exact) mass is 394 g/mol. The maximum absolute atomic E-state index is 12.3. The zero-order valence-electron chi connectivity index (χ0n) is 16.9. The molecule has 0 unspecified atom stereocenters. The number of amides is 1. The van der Waals surface area contributed by atoms with Gasteiger partial charge in [0.05, 0.1) is 5.56 Å². The molecule has 0 N–H and O–H groups in total. The van der Waals surface area contributed by atoms with Gasteiger partial charge in [0.25, 0.3) is 0 Å². The average molecular weight is 394 g/mol. The first kappa shape index (κ1) is 20.6. The highest BCUT2D eigenvalue weighted by molar-refractivity contribution is 6.00. The van der Waals surface area contributed by atoms with Crippen molar-refractivity contribution in [3.8, 4) is 0 Å². The van der Waals surface area contributed by atoms with Crippen LogP contribution in [0.3, 0.4) is 0 Å². The van der Waals surface area contributed by atoms with Crippen molar-refractivity contribution in [1.82, 2.24) is 0 Å². The number of carbonyl (C=O) groups is 3. The highest BCUT2D eigenvalue weighted by Crippen LogP contribution is 2.22. The molecule has 0 radical (unpaired) electrons. The zero-order chi connectivity index (χ0) is 20.8. The first-order chi connectivity index (χ1) is 14.0. The number of Topliss-reactive ketones (excluding diaryl/α,β-unsaturated/α-hetero) is 1. The molecule has 29 heavy (non-hydrogen) atoms. The zero-order valence-corrected chi connectivity index (χ0v) is 16.9. The van der Waals surface area contributed by atoms with Crippen molar-refractivity contribution >= 4 is 29.0 Å². The molecule has 1 heterocycles. The van der Waals surface area contributed by atoms with Gasteiger partial charge in [-0.1, -0.05) is 0 Å². The van der Waals surface area contributed by atoms with E-state index in [0.717, 1.165) is 30.9 Å². The second-order valence-electron chi connectivity index (χ2n) is 6.91. The van der Waals surface area contributed by atoms with Crippen LogP contribution in [-0.2, 0) is 9.53 Å². The Labute approximate surface area is 171 Å². The summed E-state index contributed by atoms with van der Waals surface area (Å²) in [6.45, 7) is 6.31. The van der Waals surface area contributed by atoms with Gasteiger partial charge in [-0.2, -0.15) is 0 Å². The summed E-state index contributed by atoms with van der Waals surface area (Å²) in [6.07, 6.45) is 1.41.